The highest BCUT2D eigenvalue weighted by Crippen LogP contribution is 2.45. The van der Waals surface area contributed by atoms with Crippen LogP contribution in [0.1, 0.15) is 44.2 Å². The number of ketones is 1. The molecule has 21 heavy (non-hydrogen) atoms. The summed E-state index contributed by atoms with van der Waals surface area (Å²) in [6.45, 7) is 7.09. The van der Waals surface area contributed by atoms with Gasteiger partial charge in [0.1, 0.15) is 16.8 Å². The zero-order valence-electron chi connectivity index (χ0n) is 12.4. The monoisotopic (exact) mass is 307 g/mol. The van der Waals surface area contributed by atoms with E-state index in [9.17, 15) is 14.9 Å². The largest absolute Gasteiger partial charge is 0.444 e. The minimum absolute atomic E-state index is 0.0750. The number of thiazole rings is 1. The van der Waals surface area contributed by atoms with Crippen molar-refractivity contribution < 1.29 is 14.3 Å². The molecule has 1 heterocycles. The van der Waals surface area contributed by atoms with Crippen molar-refractivity contribution in [1.82, 2.24) is 4.98 Å². The highest BCUT2D eigenvalue weighted by atomic mass is 32.1. The van der Waals surface area contributed by atoms with Crippen molar-refractivity contribution in [2.45, 2.75) is 51.6 Å². The predicted octanol–water partition coefficient (Wildman–Crippen LogP) is 2.92. The number of aryl methyl sites for hydroxylation is 1. The molecule has 2 rings (SSSR count). The molecule has 0 unspecified atom stereocenters. The van der Waals surface area contributed by atoms with Crippen LogP contribution in [0.15, 0.2) is 0 Å². The molecule has 7 heteroatoms. The fourth-order valence-electron chi connectivity index (χ4n) is 2.20. The van der Waals surface area contributed by atoms with Crippen LogP contribution in [0.25, 0.3) is 0 Å². The zero-order valence-corrected chi connectivity index (χ0v) is 13.3. The van der Waals surface area contributed by atoms with Crippen molar-refractivity contribution in [3.63, 3.8) is 0 Å². The van der Waals surface area contributed by atoms with Gasteiger partial charge in [0, 0.05) is 12.8 Å². The van der Waals surface area contributed by atoms with Gasteiger partial charge >= 0.3 is 6.09 Å². The summed E-state index contributed by atoms with van der Waals surface area (Å²) in [5, 5.41) is 12.3. The standard InChI is InChI=1S/C14H17N3O3S/c1-8-10(14(7-15)5-9(18)6-14)21-11(16-8)17-12(19)20-13(2,3)4/h5-6H2,1-4H3,(H,16,17,19). The van der Waals surface area contributed by atoms with Gasteiger partial charge in [-0.25, -0.2) is 9.78 Å². The molecule has 1 aromatic rings. The van der Waals surface area contributed by atoms with Gasteiger partial charge in [0.15, 0.2) is 5.13 Å². The molecule has 1 N–H and O–H groups in total. The molecule has 1 aliphatic rings. The van der Waals surface area contributed by atoms with E-state index in [1.165, 1.54) is 11.3 Å². The Morgan fingerprint density at radius 2 is 2.10 bits per heavy atom. The van der Waals surface area contributed by atoms with E-state index in [1.807, 2.05) is 0 Å². The Labute approximate surface area is 127 Å². The van der Waals surface area contributed by atoms with E-state index < -0.39 is 17.1 Å². The lowest BCUT2D eigenvalue weighted by Gasteiger charge is -2.32. The second kappa shape index (κ2) is 5.11. The lowest BCUT2D eigenvalue weighted by atomic mass is 9.67. The fourth-order valence-corrected chi connectivity index (χ4v) is 3.29. The smallest absolute Gasteiger partial charge is 0.413 e. The van der Waals surface area contributed by atoms with E-state index in [-0.39, 0.29) is 18.6 Å². The molecule has 0 aliphatic heterocycles. The van der Waals surface area contributed by atoms with Crippen LogP contribution in [-0.4, -0.2) is 22.5 Å². The van der Waals surface area contributed by atoms with Gasteiger partial charge in [-0.3, -0.25) is 10.1 Å². The number of amides is 1. The SMILES string of the molecule is Cc1nc(NC(=O)OC(C)(C)C)sc1C1(C#N)CC(=O)C1. The third-order valence-corrected chi connectivity index (χ3v) is 4.33. The quantitative estimate of drug-likeness (QED) is 0.907. The summed E-state index contributed by atoms with van der Waals surface area (Å²) >= 11 is 1.23. The first-order valence-corrected chi connectivity index (χ1v) is 7.38. The molecule has 0 saturated heterocycles. The lowest BCUT2D eigenvalue weighted by Crippen LogP contribution is -2.40. The molecule has 1 fully saturated rings. The molecule has 6 nitrogen and oxygen atoms in total. The van der Waals surface area contributed by atoms with Crippen LogP contribution in [0.5, 0.6) is 0 Å². The van der Waals surface area contributed by atoms with Crippen LogP contribution in [0.3, 0.4) is 0 Å². The summed E-state index contributed by atoms with van der Waals surface area (Å²) in [4.78, 5) is 28.0. The average Bonchev–Trinajstić information content (AvgIpc) is 2.63. The maximum absolute atomic E-state index is 11.7. The summed E-state index contributed by atoms with van der Waals surface area (Å²) < 4.78 is 5.16. The topological polar surface area (TPSA) is 92.1 Å². The minimum atomic E-state index is -0.771. The Morgan fingerprint density at radius 1 is 1.48 bits per heavy atom. The fraction of sp³-hybridized carbons (Fsp3) is 0.571. The van der Waals surface area contributed by atoms with Crippen molar-refractivity contribution in [3.8, 4) is 6.07 Å². The molecule has 1 amide bonds. The maximum Gasteiger partial charge on any atom is 0.413 e. The summed E-state index contributed by atoms with van der Waals surface area (Å²) in [6, 6.07) is 2.21. The van der Waals surface area contributed by atoms with Crippen molar-refractivity contribution in [2.24, 2.45) is 0 Å². The van der Waals surface area contributed by atoms with Gasteiger partial charge in [0.2, 0.25) is 0 Å². The van der Waals surface area contributed by atoms with E-state index in [2.05, 4.69) is 16.4 Å². The highest BCUT2D eigenvalue weighted by Gasteiger charge is 2.48. The maximum atomic E-state index is 11.7. The number of Topliss-reactive ketones (excluding diaryl/α,β-unsaturated/α-hetero) is 1. The second-order valence-corrected chi connectivity index (χ2v) is 7.15. The van der Waals surface area contributed by atoms with Gasteiger partial charge in [0.05, 0.1) is 16.6 Å². The number of aromatic nitrogens is 1. The van der Waals surface area contributed by atoms with Gasteiger partial charge in [0.25, 0.3) is 0 Å². The molecule has 0 spiro atoms. The Morgan fingerprint density at radius 3 is 2.57 bits per heavy atom. The first-order chi connectivity index (χ1) is 9.65. The summed E-state index contributed by atoms with van der Waals surface area (Å²) in [7, 11) is 0. The molecule has 0 radical (unpaired) electrons. The molecule has 1 aliphatic carbocycles. The normalized spacial score (nSPS) is 16.8. The van der Waals surface area contributed by atoms with Crippen molar-refractivity contribution in [1.29, 1.82) is 5.26 Å². The van der Waals surface area contributed by atoms with Gasteiger partial charge in [-0.05, 0) is 27.7 Å². The number of nitrogens with one attached hydrogen (secondary N) is 1. The van der Waals surface area contributed by atoms with Gasteiger partial charge in [-0.1, -0.05) is 11.3 Å². The number of ether oxygens (including phenoxy) is 1. The molecule has 1 saturated carbocycles. The number of carbonyl (C=O) groups is 2. The number of anilines is 1. The Bertz CT molecular complexity index is 629. The van der Waals surface area contributed by atoms with Gasteiger partial charge in [-0.2, -0.15) is 5.26 Å². The number of nitriles is 1. The number of carbonyl (C=O) groups excluding carboxylic acids is 2. The molecule has 0 atom stereocenters. The zero-order chi connectivity index (χ0) is 15.8. The Kier molecular flexibility index (Phi) is 3.76. The third-order valence-electron chi connectivity index (χ3n) is 3.05. The van der Waals surface area contributed by atoms with Crippen LogP contribution in [0.4, 0.5) is 9.93 Å². The average molecular weight is 307 g/mol. The van der Waals surface area contributed by atoms with E-state index in [1.54, 1.807) is 27.7 Å². The van der Waals surface area contributed by atoms with Crippen LogP contribution in [0.2, 0.25) is 0 Å². The number of nitrogens with zero attached hydrogens (tertiary/aromatic N) is 2. The van der Waals surface area contributed by atoms with Crippen LogP contribution < -0.4 is 5.32 Å². The number of hydrogen-bond donors (Lipinski definition) is 1. The molecule has 0 bridgehead atoms. The van der Waals surface area contributed by atoms with E-state index in [4.69, 9.17) is 4.74 Å². The van der Waals surface area contributed by atoms with Gasteiger partial charge < -0.3 is 4.74 Å². The molecule has 112 valence electrons. The van der Waals surface area contributed by atoms with Crippen molar-refractivity contribution in [3.05, 3.63) is 10.6 Å². The third kappa shape index (κ3) is 3.22. The summed E-state index contributed by atoms with van der Waals surface area (Å²) in [5.41, 5.74) is -0.694. The van der Waals surface area contributed by atoms with Crippen molar-refractivity contribution >= 4 is 28.3 Å². The summed E-state index contributed by atoms with van der Waals surface area (Å²) in [6.07, 6.45) is -0.143. The molecule has 1 aromatic heterocycles. The van der Waals surface area contributed by atoms with Crippen LogP contribution >= 0.6 is 11.3 Å². The van der Waals surface area contributed by atoms with Crippen LogP contribution in [0, 0.1) is 18.3 Å². The Hall–Kier alpha value is -1.94. The van der Waals surface area contributed by atoms with Gasteiger partial charge in [-0.15, -0.1) is 0 Å². The first-order valence-electron chi connectivity index (χ1n) is 6.56. The predicted molar refractivity (Wildman–Crippen MR) is 78.2 cm³/mol. The van der Waals surface area contributed by atoms with Crippen LogP contribution in [-0.2, 0) is 14.9 Å². The summed E-state index contributed by atoms with van der Waals surface area (Å²) in [5.74, 6) is 0.0750. The molecule has 0 aromatic carbocycles. The lowest BCUT2D eigenvalue weighted by molar-refractivity contribution is -0.126. The highest BCUT2D eigenvalue weighted by molar-refractivity contribution is 7.16. The minimum Gasteiger partial charge on any atom is -0.444 e. The second-order valence-electron chi connectivity index (χ2n) is 6.15. The molecular weight excluding hydrogens is 290 g/mol. The first kappa shape index (κ1) is 15.4. The van der Waals surface area contributed by atoms with E-state index in [0.29, 0.717) is 10.8 Å². The van der Waals surface area contributed by atoms with E-state index in [0.717, 1.165) is 4.88 Å². The molecular formula is C14H17N3O3S. The van der Waals surface area contributed by atoms with Crippen molar-refractivity contribution in [2.75, 3.05) is 5.32 Å². The van der Waals surface area contributed by atoms with E-state index >= 15 is 0 Å². The number of rotatable bonds is 2. The number of hydrogen-bond acceptors (Lipinski definition) is 6. The Balaban J connectivity index is 2.15.